The summed E-state index contributed by atoms with van der Waals surface area (Å²) in [6.07, 6.45) is 10.6. The third-order valence-corrected chi connectivity index (χ3v) is 12.4. The van der Waals surface area contributed by atoms with Gasteiger partial charge in [-0.2, -0.15) is 0 Å². The summed E-state index contributed by atoms with van der Waals surface area (Å²) < 4.78 is 0. The average Bonchev–Trinajstić information content (AvgIpc) is 3.08. The van der Waals surface area contributed by atoms with Crippen LogP contribution in [0.2, 0.25) is 0 Å². The Morgan fingerprint density at radius 2 is 1.55 bits per heavy atom. The van der Waals surface area contributed by atoms with Crippen molar-refractivity contribution in [3.8, 4) is 0 Å². The maximum absolute atomic E-state index is 11.8. The van der Waals surface area contributed by atoms with Gasteiger partial charge in [-0.1, -0.05) is 46.3 Å². The highest BCUT2D eigenvalue weighted by molar-refractivity contribution is 5.20. The fraction of sp³-hybridized carbons (Fsp3) is 0.933. The molecule has 0 amide bonds. The molecule has 0 aromatic carbocycles. The van der Waals surface area contributed by atoms with Gasteiger partial charge in [0, 0.05) is 0 Å². The predicted molar refractivity (Wildman–Crippen MR) is 136 cm³/mol. The van der Waals surface area contributed by atoms with Gasteiger partial charge in [0.25, 0.3) is 0 Å². The van der Waals surface area contributed by atoms with Crippen molar-refractivity contribution in [2.75, 3.05) is 0 Å². The molecule has 0 aliphatic heterocycles. The highest BCUT2D eigenvalue weighted by atomic mass is 16.3. The molecule has 4 aliphatic rings. The Morgan fingerprint density at radius 1 is 0.909 bits per heavy atom. The van der Waals surface area contributed by atoms with Crippen molar-refractivity contribution in [3.63, 3.8) is 0 Å². The Labute approximate surface area is 203 Å². The lowest BCUT2D eigenvalue weighted by Crippen LogP contribution is -2.66. The number of hydrogen-bond acceptors (Lipinski definition) is 3. The molecule has 0 heterocycles. The topological polar surface area (TPSA) is 60.7 Å². The van der Waals surface area contributed by atoms with Gasteiger partial charge in [0.2, 0.25) is 0 Å². The summed E-state index contributed by atoms with van der Waals surface area (Å²) in [5.74, 6) is 1.31. The summed E-state index contributed by atoms with van der Waals surface area (Å²) in [4.78, 5) is 0. The number of hydrogen-bond donors (Lipinski definition) is 3. The number of allylic oxidation sites excluding steroid dienone is 2. The lowest BCUT2D eigenvalue weighted by molar-refractivity contribution is -0.246. The average molecular weight is 461 g/mol. The van der Waals surface area contributed by atoms with E-state index in [4.69, 9.17) is 0 Å². The molecule has 3 N–H and O–H groups in total. The molecule has 4 aliphatic carbocycles. The lowest BCUT2D eigenvalue weighted by atomic mass is 9.35. The van der Waals surface area contributed by atoms with Crippen LogP contribution in [0.4, 0.5) is 0 Å². The van der Waals surface area contributed by atoms with Crippen LogP contribution in [-0.2, 0) is 0 Å². The Morgan fingerprint density at radius 3 is 2.18 bits per heavy atom. The SMILES string of the molecule is CC(C)=CCC[C@](C)(O)[C@H]1CC[C@]2(C)[C@@H]1[C@H](O)C[C@@H]1[C@@]3(C)CC[C@@H](O)C(C)(C)[C@@H]3CC[C@]12C. The zero-order valence-electron chi connectivity index (χ0n) is 22.7. The van der Waals surface area contributed by atoms with Crippen molar-refractivity contribution in [1.82, 2.24) is 0 Å². The first kappa shape index (κ1) is 25.7. The minimum atomic E-state index is -0.739. The monoisotopic (exact) mass is 460 g/mol. The molecule has 10 atom stereocenters. The van der Waals surface area contributed by atoms with E-state index >= 15 is 0 Å². The summed E-state index contributed by atoms with van der Waals surface area (Å²) in [6, 6.07) is 0. The quantitative estimate of drug-likeness (QED) is 0.420. The van der Waals surface area contributed by atoms with E-state index in [-0.39, 0.29) is 45.7 Å². The zero-order chi connectivity index (χ0) is 24.6. The fourth-order valence-corrected chi connectivity index (χ4v) is 10.3. The van der Waals surface area contributed by atoms with Gasteiger partial charge in [-0.25, -0.2) is 0 Å². The molecule has 0 spiro atoms. The molecule has 0 aromatic heterocycles. The molecule has 0 radical (unpaired) electrons. The largest absolute Gasteiger partial charge is 0.393 e. The molecular weight excluding hydrogens is 408 g/mol. The van der Waals surface area contributed by atoms with E-state index in [1.807, 2.05) is 6.92 Å². The van der Waals surface area contributed by atoms with Crippen LogP contribution in [0, 0.1) is 45.3 Å². The van der Waals surface area contributed by atoms with Crippen molar-refractivity contribution < 1.29 is 15.3 Å². The molecule has 3 nitrogen and oxygen atoms in total. The first-order valence-electron chi connectivity index (χ1n) is 13.8. The molecule has 0 unspecified atom stereocenters. The van der Waals surface area contributed by atoms with Crippen LogP contribution in [0.15, 0.2) is 11.6 Å². The summed E-state index contributed by atoms with van der Waals surface area (Å²) >= 11 is 0. The summed E-state index contributed by atoms with van der Waals surface area (Å²) in [6.45, 7) is 18.3. The molecule has 3 heteroatoms. The van der Waals surface area contributed by atoms with Crippen LogP contribution in [0.1, 0.15) is 113 Å². The minimum Gasteiger partial charge on any atom is -0.393 e. The van der Waals surface area contributed by atoms with E-state index in [9.17, 15) is 15.3 Å². The van der Waals surface area contributed by atoms with Crippen molar-refractivity contribution >= 4 is 0 Å². The number of fused-ring (bicyclic) bond motifs is 5. The zero-order valence-corrected chi connectivity index (χ0v) is 22.7. The summed E-state index contributed by atoms with van der Waals surface area (Å²) in [5.41, 5.74) is 0.885. The number of rotatable bonds is 4. The van der Waals surface area contributed by atoms with Crippen LogP contribution < -0.4 is 0 Å². The van der Waals surface area contributed by atoms with E-state index in [2.05, 4.69) is 54.5 Å². The van der Waals surface area contributed by atoms with Gasteiger partial charge in [0.15, 0.2) is 0 Å². The van der Waals surface area contributed by atoms with Crippen LogP contribution in [0.25, 0.3) is 0 Å². The number of aliphatic hydroxyl groups is 3. The number of aliphatic hydroxyl groups excluding tert-OH is 2. The second-order valence-corrected chi connectivity index (χ2v) is 14.5. The highest BCUT2D eigenvalue weighted by Gasteiger charge is 2.71. The van der Waals surface area contributed by atoms with Crippen molar-refractivity contribution in [1.29, 1.82) is 0 Å². The van der Waals surface area contributed by atoms with Gasteiger partial charge >= 0.3 is 0 Å². The van der Waals surface area contributed by atoms with Gasteiger partial charge in [0.05, 0.1) is 17.8 Å². The molecule has 0 bridgehead atoms. The lowest BCUT2D eigenvalue weighted by Gasteiger charge is -2.70. The smallest absolute Gasteiger partial charge is 0.0654 e. The molecule has 33 heavy (non-hydrogen) atoms. The van der Waals surface area contributed by atoms with Gasteiger partial charge in [-0.05, 0) is 124 Å². The Balaban J connectivity index is 1.66. The molecule has 4 fully saturated rings. The van der Waals surface area contributed by atoms with E-state index in [0.29, 0.717) is 11.8 Å². The summed E-state index contributed by atoms with van der Waals surface area (Å²) in [7, 11) is 0. The molecule has 4 rings (SSSR count). The van der Waals surface area contributed by atoms with Crippen LogP contribution in [0.3, 0.4) is 0 Å². The second kappa shape index (κ2) is 8.07. The summed E-state index contributed by atoms with van der Waals surface area (Å²) in [5, 5.41) is 34.3. The maximum Gasteiger partial charge on any atom is 0.0654 e. The van der Waals surface area contributed by atoms with E-state index in [1.165, 1.54) is 18.4 Å². The molecular formula is C30H52O3. The van der Waals surface area contributed by atoms with Crippen molar-refractivity contribution in [3.05, 3.63) is 11.6 Å². The van der Waals surface area contributed by atoms with Gasteiger partial charge < -0.3 is 15.3 Å². The normalized spacial score (nSPS) is 50.5. The third-order valence-electron chi connectivity index (χ3n) is 12.4. The van der Waals surface area contributed by atoms with Crippen LogP contribution >= 0.6 is 0 Å². The Hall–Kier alpha value is -0.380. The first-order chi connectivity index (χ1) is 15.1. The van der Waals surface area contributed by atoms with Gasteiger partial charge in [-0.3, -0.25) is 0 Å². The molecule has 4 saturated carbocycles. The third kappa shape index (κ3) is 3.61. The highest BCUT2D eigenvalue weighted by Crippen LogP contribution is 2.75. The standard InChI is InChI=1S/C30H52O3/c1-19(2)10-9-14-30(8,33)20-11-16-29(7)25(20)21(31)18-23-27(5)15-13-24(32)26(3,4)22(27)12-17-28(23,29)6/h10,20-25,31-33H,9,11-18H2,1-8H3/t20-,21+,22-,23+,24+,25-,27-,28+,29+,30-/m0/s1. The first-order valence-corrected chi connectivity index (χ1v) is 13.8. The van der Waals surface area contributed by atoms with E-state index in [0.717, 1.165) is 44.9 Å². The van der Waals surface area contributed by atoms with Crippen LogP contribution in [0.5, 0.6) is 0 Å². The maximum atomic E-state index is 11.8. The Kier molecular flexibility index (Phi) is 6.28. The predicted octanol–water partition coefficient (Wildman–Crippen LogP) is 6.50. The molecule has 0 saturated heterocycles. The van der Waals surface area contributed by atoms with E-state index < -0.39 is 5.60 Å². The molecule has 190 valence electrons. The van der Waals surface area contributed by atoms with Crippen molar-refractivity contribution in [2.24, 2.45) is 45.3 Å². The minimum absolute atomic E-state index is 0.0503. The van der Waals surface area contributed by atoms with E-state index in [1.54, 1.807) is 0 Å². The van der Waals surface area contributed by atoms with Gasteiger partial charge in [-0.15, -0.1) is 0 Å². The molecule has 0 aromatic rings. The second-order valence-electron chi connectivity index (χ2n) is 14.5. The fourth-order valence-electron chi connectivity index (χ4n) is 10.3. The van der Waals surface area contributed by atoms with Gasteiger partial charge in [0.1, 0.15) is 0 Å². The van der Waals surface area contributed by atoms with Crippen molar-refractivity contribution in [2.45, 2.75) is 131 Å². The Bertz CT molecular complexity index is 779. The van der Waals surface area contributed by atoms with Crippen LogP contribution in [-0.4, -0.2) is 33.1 Å².